The van der Waals surface area contributed by atoms with Gasteiger partial charge in [-0.05, 0) is 24.6 Å². The Morgan fingerprint density at radius 3 is 3.16 bits per heavy atom. The van der Waals surface area contributed by atoms with Gasteiger partial charge in [-0.25, -0.2) is 9.37 Å². The molecule has 130 valence electrons. The van der Waals surface area contributed by atoms with E-state index in [1.165, 1.54) is 6.07 Å². The minimum absolute atomic E-state index is 0.156. The van der Waals surface area contributed by atoms with Crippen LogP contribution >= 0.6 is 11.5 Å². The SMILES string of the molecule is COCc1nsc(NC(=O)C2CCN(c3ccc(C#N)cc3F)C2)n1. The number of benzene rings is 1. The molecular formula is C16H16FN5O2S. The highest BCUT2D eigenvalue weighted by atomic mass is 32.1. The van der Waals surface area contributed by atoms with Crippen molar-refractivity contribution in [3.63, 3.8) is 0 Å². The highest BCUT2D eigenvalue weighted by Crippen LogP contribution is 2.28. The number of hydrogen-bond donors (Lipinski definition) is 1. The number of hydrogen-bond acceptors (Lipinski definition) is 7. The van der Waals surface area contributed by atoms with Crippen LogP contribution in [0.5, 0.6) is 0 Å². The number of anilines is 2. The fourth-order valence-electron chi connectivity index (χ4n) is 2.73. The Morgan fingerprint density at radius 2 is 2.44 bits per heavy atom. The Bertz CT molecular complexity index is 819. The molecule has 1 aromatic heterocycles. The molecule has 1 atom stereocenters. The molecule has 1 aliphatic rings. The van der Waals surface area contributed by atoms with Crippen molar-refractivity contribution in [1.29, 1.82) is 5.26 Å². The number of nitrogens with one attached hydrogen (secondary N) is 1. The summed E-state index contributed by atoms with van der Waals surface area (Å²) in [4.78, 5) is 18.4. The molecule has 1 aliphatic heterocycles. The van der Waals surface area contributed by atoms with Crippen LogP contribution in [0.15, 0.2) is 18.2 Å². The summed E-state index contributed by atoms with van der Waals surface area (Å²) in [5.74, 6) is -0.342. The molecule has 2 aromatic rings. The largest absolute Gasteiger partial charge is 0.377 e. The van der Waals surface area contributed by atoms with E-state index >= 15 is 0 Å². The average molecular weight is 361 g/mol. The normalized spacial score (nSPS) is 16.7. The quantitative estimate of drug-likeness (QED) is 0.877. The number of rotatable bonds is 5. The predicted octanol–water partition coefficient (Wildman–Crippen LogP) is 2.16. The predicted molar refractivity (Wildman–Crippen MR) is 90.7 cm³/mol. The van der Waals surface area contributed by atoms with E-state index in [0.717, 1.165) is 11.5 Å². The molecule has 1 aromatic carbocycles. The van der Waals surface area contributed by atoms with Crippen LogP contribution in [-0.4, -0.2) is 35.5 Å². The van der Waals surface area contributed by atoms with E-state index < -0.39 is 5.82 Å². The zero-order valence-electron chi connectivity index (χ0n) is 13.5. The summed E-state index contributed by atoms with van der Waals surface area (Å²) in [6.07, 6.45) is 0.620. The maximum Gasteiger partial charge on any atom is 0.231 e. The zero-order valence-corrected chi connectivity index (χ0v) is 14.3. The molecule has 0 aliphatic carbocycles. The van der Waals surface area contributed by atoms with Crippen LogP contribution in [-0.2, 0) is 16.1 Å². The molecule has 0 spiro atoms. The molecule has 2 heterocycles. The molecular weight excluding hydrogens is 345 g/mol. The number of methoxy groups -OCH3 is 1. The van der Waals surface area contributed by atoms with Crippen molar-refractivity contribution in [3.8, 4) is 6.07 Å². The number of carbonyl (C=O) groups is 1. The first kappa shape index (κ1) is 17.3. The van der Waals surface area contributed by atoms with Gasteiger partial charge in [-0.15, -0.1) is 0 Å². The summed E-state index contributed by atoms with van der Waals surface area (Å²) in [7, 11) is 1.55. The van der Waals surface area contributed by atoms with Gasteiger partial charge in [-0.1, -0.05) is 0 Å². The third-order valence-electron chi connectivity index (χ3n) is 3.95. The number of ether oxygens (including phenoxy) is 1. The second-order valence-electron chi connectivity index (χ2n) is 5.65. The Morgan fingerprint density at radius 1 is 1.60 bits per heavy atom. The van der Waals surface area contributed by atoms with Gasteiger partial charge in [0.2, 0.25) is 11.0 Å². The van der Waals surface area contributed by atoms with E-state index in [4.69, 9.17) is 10.00 Å². The third kappa shape index (κ3) is 3.92. The minimum Gasteiger partial charge on any atom is -0.377 e. The van der Waals surface area contributed by atoms with Gasteiger partial charge in [0.05, 0.1) is 23.2 Å². The maximum atomic E-state index is 14.1. The molecule has 1 unspecified atom stereocenters. The van der Waals surface area contributed by atoms with Crippen molar-refractivity contribution in [3.05, 3.63) is 35.4 Å². The molecule has 25 heavy (non-hydrogen) atoms. The van der Waals surface area contributed by atoms with Crippen LogP contribution in [0.4, 0.5) is 15.2 Å². The van der Waals surface area contributed by atoms with Crippen LogP contribution in [0, 0.1) is 23.1 Å². The molecule has 0 saturated carbocycles. The summed E-state index contributed by atoms with van der Waals surface area (Å²) in [5.41, 5.74) is 0.686. The van der Waals surface area contributed by atoms with Crippen LogP contribution in [0.3, 0.4) is 0 Å². The van der Waals surface area contributed by atoms with E-state index in [0.29, 0.717) is 42.8 Å². The minimum atomic E-state index is -0.451. The van der Waals surface area contributed by atoms with Gasteiger partial charge in [0, 0.05) is 31.7 Å². The lowest BCUT2D eigenvalue weighted by atomic mass is 10.1. The van der Waals surface area contributed by atoms with E-state index in [1.54, 1.807) is 19.2 Å². The second-order valence-corrected chi connectivity index (χ2v) is 6.40. The van der Waals surface area contributed by atoms with E-state index in [2.05, 4.69) is 14.7 Å². The summed E-state index contributed by atoms with van der Waals surface area (Å²) < 4.78 is 23.1. The first-order valence-electron chi connectivity index (χ1n) is 7.67. The molecule has 9 heteroatoms. The van der Waals surface area contributed by atoms with Gasteiger partial charge in [-0.2, -0.15) is 9.64 Å². The fraction of sp³-hybridized carbons (Fsp3) is 0.375. The molecule has 1 saturated heterocycles. The van der Waals surface area contributed by atoms with Gasteiger partial charge < -0.3 is 15.0 Å². The Labute approximate surface area is 148 Å². The van der Waals surface area contributed by atoms with Crippen molar-refractivity contribution < 1.29 is 13.9 Å². The lowest BCUT2D eigenvalue weighted by Crippen LogP contribution is -2.27. The zero-order chi connectivity index (χ0) is 17.8. The van der Waals surface area contributed by atoms with Crippen molar-refractivity contribution in [2.24, 2.45) is 5.92 Å². The Kier molecular flexibility index (Phi) is 5.21. The summed E-state index contributed by atoms with van der Waals surface area (Å²) >= 11 is 1.10. The van der Waals surface area contributed by atoms with Crippen molar-refractivity contribution >= 4 is 28.3 Å². The number of amides is 1. The number of aromatic nitrogens is 2. The van der Waals surface area contributed by atoms with Crippen LogP contribution in [0.25, 0.3) is 0 Å². The topological polar surface area (TPSA) is 91.1 Å². The molecule has 1 N–H and O–H groups in total. The molecule has 7 nitrogen and oxygen atoms in total. The fourth-order valence-corrected chi connectivity index (χ4v) is 3.30. The first-order valence-corrected chi connectivity index (χ1v) is 8.45. The van der Waals surface area contributed by atoms with Crippen LogP contribution in [0.2, 0.25) is 0 Å². The van der Waals surface area contributed by atoms with Crippen molar-refractivity contribution in [2.75, 3.05) is 30.4 Å². The van der Waals surface area contributed by atoms with Gasteiger partial charge in [-0.3, -0.25) is 4.79 Å². The van der Waals surface area contributed by atoms with Crippen LogP contribution < -0.4 is 10.2 Å². The number of carbonyl (C=O) groups excluding carboxylic acids is 1. The second kappa shape index (κ2) is 7.55. The van der Waals surface area contributed by atoms with Gasteiger partial charge in [0.1, 0.15) is 12.4 Å². The molecule has 1 amide bonds. The molecule has 0 bridgehead atoms. The maximum absolute atomic E-state index is 14.1. The molecule has 1 fully saturated rings. The van der Waals surface area contributed by atoms with E-state index in [-0.39, 0.29) is 17.4 Å². The third-order valence-corrected chi connectivity index (χ3v) is 4.62. The molecule has 3 rings (SSSR count). The number of nitriles is 1. The van der Waals surface area contributed by atoms with Crippen molar-refractivity contribution in [2.45, 2.75) is 13.0 Å². The highest BCUT2D eigenvalue weighted by Gasteiger charge is 2.30. The van der Waals surface area contributed by atoms with Crippen LogP contribution in [0.1, 0.15) is 17.8 Å². The van der Waals surface area contributed by atoms with Gasteiger partial charge in [0.25, 0.3) is 0 Å². The van der Waals surface area contributed by atoms with E-state index in [9.17, 15) is 9.18 Å². The lowest BCUT2D eigenvalue weighted by Gasteiger charge is -2.19. The summed E-state index contributed by atoms with van der Waals surface area (Å²) in [6, 6.07) is 6.27. The van der Waals surface area contributed by atoms with Crippen molar-refractivity contribution in [1.82, 2.24) is 9.36 Å². The standard InChI is InChI=1S/C16H16FN5O2S/c1-24-9-14-19-16(25-21-14)20-15(23)11-4-5-22(8-11)13-3-2-10(7-18)6-12(13)17/h2-3,6,11H,4-5,8-9H2,1H3,(H,19,20,21,23). The highest BCUT2D eigenvalue weighted by molar-refractivity contribution is 7.09. The summed E-state index contributed by atoms with van der Waals surface area (Å²) in [5, 5.41) is 12.0. The average Bonchev–Trinajstić information content (AvgIpc) is 3.25. The first-order chi connectivity index (χ1) is 12.1. The molecule has 0 radical (unpaired) electrons. The van der Waals surface area contributed by atoms with E-state index in [1.807, 2.05) is 11.0 Å². The van der Waals surface area contributed by atoms with Gasteiger partial charge >= 0.3 is 0 Å². The Balaban J connectivity index is 1.62. The lowest BCUT2D eigenvalue weighted by molar-refractivity contribution is -0.119. The number of nitrogens with zero attached hydrogens (tertiary/aromatic N) is 4. The summed E-state index contributed by atoms with van der Waals surface area (Å²) in [6.45, 7) is 1.28. The smallest absolute Gasteiger partial charge is 0.231 e. The Hall–Kier alpha value is -2.57. The van der Waals surface area contributed by atoms with Gasteiger partial charge in [0.15, 0.2) is 5.82 Å². The number of halogens is 1. The monoisotopic (exact) mass is 361 g/mol.